The van der Waals surface area contributed by atoms with Crippen LogP contribution >= 0.6 is 22.6 Å². The number of esters is 1. The molecule has 2 aromatic carbocycles. The topological polar surface area (TPSA) is 108 Å². The molecule has 0 spiro atoms. The first-order valence-corrected chi connectivity index (χ1v) is 8.03. The largest absolute Gasteiger partial charge is 0.496 e. The molecule has 0 radical (unpaired) electrons. The monoisotopic (exact) mass is 456 g/mol. The fourth-order valence-corrected chi connectivity index (χ4v) is 2.24. The van der Waals surface area contributed by atoms with Gasteiger partial charge in [0.15, 0.2) is 6.61 Å². The molecule has 0 fully saturated rings. The van der Waals surface area contributed by atoms with Crippen molar-refractivity contribution >= 4 is 45.8 Å². The van der Waals surface area contributed by atoms with Gasteiger partial charge in [-0.1, -0.05) is 0 Å². The lowest BCUT2D eigenvalue weighted by atomic mass is 10.2. The van der Waals surface area contributed by atoms with Crippen LogP contribution < -0.4 is 10.1 Å². The molecule has 0 bridgehead atoms. The molecular formula is C16H13IN2O6. The molecule has 0 saturated heterocycles. The zero-order chi connectivity index (χ0) is 18.4. The van der Waals surface area contributed by atoms with Gasteiger partial charge in [0.25, 0.3) is 11.6 Å². The standard InChI is InChI=1S/C16H13IN2O6/c1-24-12-6-7-13(14(8-12)19(22)23)18-15(20)9-25-16(21)10-2-4-11(17)5-3-10/h2-8H,9H2,1H3,(H,18,20). The Morgan fingerprint density at radius 2 is 1.88 bits per heavy atom. The Balaban J connectivity index is 1.99. The summed E-state index contributed by atoms with van der Waals surface area (Å²) in [5.41, 5.74) is -0.0265. The van der Waals surface area contributed by atoms with Crippen LogP contribution in [0, 0.1) is 13.7 Å². The quantitative estimate of drug-likeness (QED) is 0.310. The number of carbonyl (C=O) groups is 2. The summed E-state index contributed by atoms with van der Waals surface area (Å²) in [5, 5.41) is 13.4. The van der Waals surface area contributed by atoms with Crippen molar-refractivity contribution in [3.63, 3.8) is 0 Å². The Hall–Kier alpha value is -2.69. The van der Waals surface area contributed by atoms with E-state index in [9.17, 15) is 19.7 Å². The molecule has 0 aliphatic heterocycles. The first-order chi connectivity index (χ1) is 11.9. The zero-order valence-corrected chi connectivity index (χ0v) is 15.2. The Morgan fingerprint density at radius 3 is 2.48 bits per heavy atom. The molecule has 0 saturated carbocycles. The number of nitrogens with zero attached hydrogens (tertiary/aromatic N) is 1. The third-order valence-electron chi connectivity index (χ3n) is 3.09. The van der Waals surface area contributed by atoms with Crippen LogP contribution in [0.2, 0.25) is 0 Å². The van der Waals surface area contributed by atoms with Gasteiger partial charge in [-0.25, -0.2) is 4.79 Å². The van der Waals surface area contributed by atoms with Crippen molar-refractivity contribution < 1.29 is 24.0 Å². The van der Waals surface area contributed by atoms with Crippen LogP contribution in [0.15, 0.2) is 42.5 Å². The number of methoxy groups -OCH3 is 1. The fraction of sp³-hybridized carbons (Fsp3) is 0.125. The molecule has 0 aliphatic carbocycles. The lowest BCUT2D eigenvalue weighted by Gasteiger charge is -2.08. The van der Waals surface area contributed by atoms with Crippen LogP contribution in [0.5, 0.6) is 5.75 Å². The Labute approximate surface area is 156 Å². The summed E-state index contributed by atoms with van der Waals surface area (Å²) >= 11 is 2.10. The number of hydrogen-bond acceptors (Lipinski definition) is 6. The average molecular weight is 456 g/mol. The molecule has 1 N–H and O–H groups in total. The van der Waals surface area contributed by atoms with E-state index in [1.807, 2.05) is 0 Å². The van der Waals surface area contributed by atoms with E-state index >= 15 is 0 Å². The molecule has 0 aliphatic rings. The van der Waals surface area contributed by atoms with Crippen molar-refractivity contribution in [1.82, 2.24) is 0 Å². The van der Waals surface area contributed by atoms with Gasteiger partial charge in [-0.15, -0.1) is 0 Å². The van der Waals surface area contributed by atoms with E-state index in [1.165, 1.54) is 25.3 Å². The summed E-state index contributed by atoms with van der Waals surface area (Å²) in [7, 11) is 1.38. The highest BCUT2D eigenvalue weighted by atomic mass is 127. The molecule has 0 aromatic heterocycles. The summed E-state index contributed by atoms with van der Waals surface area (Å²) in [5.74, 6) is -1.06. The van der Waals surface area contributed by atoms with Crippen LogP contribution in [-0.4, -0.2) is 30.5 Å². The number of rotatable bonds is 6. The second-order valence-electron chi connectivity index (χ2n) is 4.77. The Morgan fingerprint density at radius 1 is 1.20 bits per heavy atom. The molecule has 0 unspecified atom stereocenters. The van der Waals surface area contributed by atoms with E-state index in [0.717, 1.165) is 3.57 Å². The summed E-state index contributed by atoms with van der Waals surface area (Å²) in [4.78, 5) is 34.1. The molecule has 25 heavy (non-hydrogen) atoms. The van der Waals surface area contributed by atoms with Gasteiger partial charge in [0.2, 0.25) is 0 Å². The van der Waals surface area contributed by atoms with Crippen molar-refractivity contribution in [2.24, 2.45) is 0 Å². The molecule has 2 rings (SSSR count). The number of nitro benzene ring substituents is 1. The molecule has 8 nitrogen and oxygen atoms in total. The first-order valence-electron chi connectivity index (χ1n) is 6.95. The van der Waals surface area contributed by atoms with Crippen LogP contribution in [0.1, 0.15) is 10.4 Å². The minimum Gasteiger partial charge on any atom is -0.496 e. The SMILES string of the molecule is COc1ccc(NC(=O)COC(=O)c2ccc(I)cc2)c([N+](=O)[O-])c1. The number of nitrogens with one attached hydrogen (secondary N) is 1. The second-order valence-corrected chi connectivity index (χ2v) is 6.02. The number of halogens is 1. The maximum Gasteiger partial charge on any atom is 0.338 e. The molecule has 9 heteroatoms. The van der Waals surface area contributed by atoms with Gasteiger partial charge in [-0.05, 0) is 59.0 Å². The third kappa shape index (κ3) is 5.14. The van der Waals surface area contributed by atoms with Gasteiger partial charge >= 0.3 is 5.97 Å². The first kappa shape index (κ1) is 18.6. The van der Waals surface area contributed by atoms with Crippen LogP contribution in [0.25, 0.3) is 0 Å². The molecule has 0 heterocycles. The number of carbonyl (C=O) groups excluding carboxylic acids is 2. The highest BCUT2D eigenvalue weighted by molar-refractivity contribution is 14.1. The van der Waals surface area contributed by atoms with E-state index in [4.69, 9.17) is 9.47 Å². The van der Waals surface area contributed by atoms with Crippen molar-refractivity contribution in [2.75, 3.05) is 19.0 Å². The number of benzene rings is 2. The van der Waals surface area contributed by atoms with Gasteiger partial charge in [0, 0.05) is 3.57 Å². The van der Waals surface area contributed by atoms with Gasteiger partial charge in [-0.2, -0.15) is 0 Å². The van der Waals surface area contributed by atoms with Gasteiger partial charge in [-0.3, -0.25) is 14.9 Å². The minimum absolute atomic E-state index is 0.0129. The highest BCUT2D eigenvalue weighted by Gasteiger charge is 2.18. The van der Waals surface area contributed by atoms with Crippen LogP contribution in [0.4, 0.5) is 11.4 Å². The summed E-state index contributed by atoms with van der Waals surface area (Å²) < 4.78 is 10.8. The fourth-order valence-electron chi connectivity index (χ4n) is 1.88. The Kier molecular flexibility index (Phi) is 6.28. The van der Waals surface area contributed by atoms with Gasteiger partial charge < -0.3 is 14.8 Å². The zero-order valence-electron chi connectivity index (χ0n) is 13.0. The smallest absolute Gasteiger partial charge is 0.338 e. The normalized spacial score (nSPS) is 10.0. The van der Waals surface area contributed by atoms with E-state index in [2.05, 4.69) is 27.9 Å². The van der Waals surface area contributed by atoms with Crippen molar-refractivity contribution in [2.45, 2.75) is 0 Å². The van der Waals surface area contributed by atoms with Crippen molar-refractivity contribution in [3.05, 3.63) is 61.7 Å². The predicted molar refractivity (Wildman–Crippen MR) is 97.7 cm³/mol. The lowest BCUT2D eigenvalue weighted by Crippen LogP contribution is -2.21. The number of ether oxygens (including phenoxy) is 2. The highest BCUT2D eigenvalue weighted by Crippen LogP contribution is 2.28. The van der Waals surface area contributed by atoms with Crippen molar-refractivity contribution in [3.8, 4) is 5.75 Å². The van der Waals surface area contributed by atoms with E-state index in [0.29, 0.717) is 5.56 Å². The molecular weight excluding hydrogens is 443 g/mol. The number of hydrogen-bond donors (Lipinski definition) is 1. The maximum absolute atomic E-state index is 11.9. The number of nitro groups is 1. The number of amides is 1. The van der Waals surface area contributed by atoms with Crippen LogP contribution in [0.3, 0.4) is 0 Å². The van der Waals surface area contributed by atoms with E-state index in [1.54, 1.807) is 24.3 Å². The van der Waals surface area contributed by atoms with Gasteiger partial charge in [0.1, 0.15) is 11.4 Å². The second kappa shape index (κ2) is 8.42. The molecule has 1 amide bonds. The predicted octanol–water partition coefficient (Wildman–Crippen LogP) is 3.00. The van der Waals surface area contributed by atoms with Crippen LogP contribution in [-0.2, 0) is 9.53 Å². The summed E-state index contributed by atoms with van der Waals surface area (Å²) in [6, 6.07) is 10.6. The lowest BCUT2D eigenvalue weighted by molar-refractivity contribution is -0.384. The molecule has 2 aromatic rings. The van der Waals surface area contributed by atoms with Gasteiger partial charge in [0.05, 0.1) is 23.7 Å². The summed E-state index contributed by atoms with van der Waals surface area (Å²) in [6.07, 6.45) is 0. The summed E-state index contributed by atoms with van der Waals surface area (Å²) in [6.45, 7) is -0.562. The van der Waals surface area contributed by atoms with E-state index < -0.39 is 23.4 Å². The average Bonchev–Trinajstić information content (AvgIpc) is 2.60. The Bertz CT molecular complexity index is 807. The maximum atomic E-state index is 11.9. The minimum atomic E-state index is -0.688. The van der Waals surface area contributed by atoms with Crippen molar-refractivity contribution in [1.29, 1.82) is 0 Å². The number of anilines is 1. The van der Waals surface area contributed by atoms with E-state index in [-0.39, 0.29) is 17.1 Å². The molecule has 0 atom stereocenters. The third-order valence-corrected chi connectivity index (χ3v) is 3.81. The molecule has 130 valence electrons.